The Morgan fingerprint density at radius 1 is 1.08 bits per heavy atom. The molecule has 1 N–H and O–H groups in total. The summed E-state index contributed by atoms with van der Waals surface area (Å²) in [5.74, 6) is 0.736. The number of nitrogens with zero attached hydrogens (tertiary/aromatic N) is 1. The number of nitrogens with one attached hydrogen (secondary N) is 1. The van der Waals surface area contributed by atoms with Gasteiger partial charge < -0.3 is 5.32 Å². The Balaban J connectivity index is 1.58. The van der Waals surface area contributed by atoms with Gasteiger partial charge in [0.25, 0.3) is 5.91 Å². The van der Waals surface area contributed by atoms with Crippen LogP contribution in [0, 0.1) is 5.92 Å². The van der Waals surface area contributed by atoms with E-state index in [9.17, 15) is 4.79 Å². The van der Waals surface area contributed by atoms with Gasteiger partial charge in [-0.15, -0.1) is 0 Å². The summed E-state index contributed by atoms with van der Waals surface area (Å²) >= 11 is 0. The zero-order chi connectivity index (χ0) is 17.6. The first-order chi connectivity index (χ1) is 12.1. The summed E-state index contributed by atoms with van der Waals surface area (Å²) in [6, 6.07) is 16.0. The quantitative estimate of drug-likeness (QED) is 0.856. The summed E-state index contributed by atoms with van der Waals surface area (Å²) in [4.78, 5) is 14.9. The van der Waals surface area contributed by atoms with Gasteiger partial charge in [-0.3, -0.25) is 9.69 Å². The molecular formula is C22H28N2O. The van der Waals surface area contributed by atoms with Crippen molar-refractivity contribution in [2.75, 3.05) is 18.4 Å². The van der Waals surface area contributed by atoms with E-state index in [0.717, 1.165) is 24.6 Å². The predicted molar refractivity (Wildman–Crippen MR) is 104 cm³/mol. The van der Waals surface area contributed by atoms with E-state index in [-0.39, 0.29) is 5.91 Å². The Morgan fingerprint density at radius 2 is 1.76 bits per heavy atom. The van der Waals surface area contributed by atoms with Crippen molar-refractivity contribution < 1.29 is 4.79 Å². The molecule has 132 valence electrons. The average molecular weight is 336 g/mol. The van der Waals surface area contributed by atoms with Crippen molar-refractivity contribution in [3.63, 3.8) is 0 Å². The van der Waals surface area contributed by atoms with E-state index in [4.69, 9.17) is 0 Å². The van der Waals surface area contributed by atoms with Crippen LogP contribution in [0.4, 0.5) is 5.69 Å². The lowest BCUT2D eigenvalue weighted by atomic mass is 9.99. The van der Waals surface area contributed by atoms with Gasteiger partial charge in [-0.05, 0) is 67.1 Å². The molecule has 1 amide bonds. The molecule has 0 bridgehead atoms. The van der Waals surface area contributed by atoms with E-state index in [2.05, 4.69) is 48.3 Å². The second-order valence-corrected chi connectivity index (χ2v) is 7.18. The molecule has 1 atom stereocenters. The van der Waals surface area contributed by atoms with E-state index in [0.29, 0.717) is 5.56 Å². The summed E-state index contributed by atoms with van der Waals surface area (Å²) in [5.41, 5.74) is 4.09. The Kier molecular flexibility index (Phi) is 5.87. The second-order valence-electron chi connectivity index (χ2n) is 7.18. The number of hydrogen-bond donors (Lipinski definition) is 1. The lowest BCUT2D eigenvalue weighted by Gasteiger charge is -2.30. The zero-order valence-electron chi connectivity index (χ0n) is 15.3. The van der Waals surface area contributed by atoms with Crippen molar-refractivity contribution >= 4 is 11.6 Å². The first-order valence-corrected chi connectivity index (χ1v) is 9.35. The van der Waals surface area contributed by atoms with Crippen LogP contribution in [-0.2, 0) is 13.0 Å². The van der Waals surface area contributed by atoms with E-state index < -0.39 is 0 Å². The molecule has 0 radical (unpaired) electrons. The van der Waals surface area contributed by atoms with Crippen LogP contribution in [0.15, 0.2) is 48.5 Å². The summed E-state index contributed by atoms with van der Waals surface area (Å²) in [5, 5.41) is 2.97. The summed E-state index contributed by atoms with van der Waals surface area (Å²) in [7, 11) is 0. The third kappa shape index (κ3) is 4.93. The summed E-state index contributed by atoms with van der Waals surface area (Å²) in [6.45, 7) is 7.79. The highest BCUT2D eigenvalue weighted by Gasteiger charge is 2.16. The van der Waals surface area contributed by atoms with Crippen LogP contribution in [0.2, 0.25) is 0 Å². The number of benzene rings is 2. The molecule has 1 saturated heterocycles. The molecule has 1 unspecified atom stereocenters. The number of carbonyl (C=O) groups excluding carboxylic acids is 1. The van der Waals surface area contributed by atoms with Crippen molar-refractivity contribution in [3.8, 4) is 0 Å². The van der Waals surface area contributed by atoms with Crippen molar-refractivity contribution in [2.45, 2.75) is 39.7 Å². The monoisotopic (exact) mass is 336 g/mol. The van der Waals surface area contributed by atoms with Crippen LogP contribution in [-0.4, -0.2) is 23.9 Å². The Labute approximate surface area is 151 Å². The van der Waals surface area contributed by atoms with Crippen molar-refractivity contribution in [3.05, 3.63) is 65.2 Å². The van der Waals surface area contributed by atoms with Crippen LogP contribution < -0.4 is 5.32 Å². The van der Waals surface area contributed by atoms with Crippen LogP contribution in [0.25, 0.3) is 0 Å². The zero-order valence-corrected chi connectivity index (χ0v) is 15.3. The Morgan fingerprint density at radius 3 is 2.40 bits per heavy atom. The number of hydrogen-bond acceptors (Lipinski definition) is 2. The van der Waals surface area contributed by atoms with Crippen LogP contribution >= 0.6 is 0 Å². The van der Waals surface area contributed by atoms with Gasteiger partial charge in [0.15, 0.2) is 0 Å². The molecule has 2 aromatic carbocycles. The van der Waals surface area contributed by atoms with Gasteiger partial charge in [0.05, 0.1) is 0 Å². The number of rotatable bonds is 5. The molecule has 1 fully saturated rings. The lowest BCUT2D eigenvalue weighted by molar-refractivity contribution is 0.102. The van der Waals surface area contributed by atoms with Gasteiger partial charge in [-0.25, -0.2) is 0 Å². The van der Waals surface area contributed by atoms with Crippen molar-refractivity contribution in [1.29, 1.82) is 0 Å². The van der Waals surface area contributed by atoms with E-state index in [1.807, 2.05) is 24.3 Å². The molecule has 1 aliphatic heterocycles. The van der Waals surface area contributed by atoms with Crippen LogP contribution in [0.5, 0.6) is 0 Å². The molecule has 3 nitrogen and oxygen atoms in total. The molecule has 1 aliphatic rings. The highest BCUT2D eigenvalue weighted by molar-refractivity contribution is 6.04. The maximum Gasteiger partial charge on any atom is 0.255 e. The Hall–Kier alpha value is -2.13. The fourth-order valence-electron chi connectivity index (χ4n) is 3.48. The predicted octanol–water partition coefficient (Wildman–Crippen LogP) is 4.73. The first-order valence-electron chi connectivity index (χ1n) is 9.35. The maximum atomic E-state index is 12.4. The molecule has 2 aromatic rings. The van der Waals surface area contributed by atoms with E-state index in [1.54, 1.807) is 0 Å². The van der Waals surface area contributed by atoms with Gasteiger partial charge in [-0.1, -0.05) is 38.1 Å². The summed E-state index contributed by atoms with van der Waals surface area (Å²) in [6.07, 6.45) is 3.64. The number of aryl methyl sites for hydroxylation is 1. The molecule has 1 heterocycles. The fourth-order valence-corrected chi connectivity index (χ4v) is 3.48. The third-order valence-electron chi connectivity index (χ3n) is 4.98. The highest BCUT2D eigenvalue weighted by atomic mass is 16.1. The number of amides is 1. The fraction of sp³-hybridized carbons (Fsp3) is 0.409. The molecule has 3 rings (SSSR count). The third-order valence-corrected chi connectivity index (χ3v) is 4.98. The minimum atomic E-state index is -0.0533. The second kappa shape index (κ2) is 8.30. The standard InChI is InChI=1S/C22H28N2O/c1-3-18-8-12-21(13-9-18)23-22(25)20-10-6-19(7-11-20)16-24-14-4-5-17(2)15-24/h6-13,17H,3-5,14-16H2,1-2H3,(H,23,25). The molecule has 0 aromatic heterocycles. The van der Waals surface area contributed by atoms with Gasteiger partial charge >= 0.3 is 0 Å². The number of likely N-dealkylation sites (tertiary alicyclic amines) is 1. The van der Waals surface area contributed by atoms with Gasteiger partial charge in [0, 0.05) is 24.3 Å². The SMILES string of the molecule is CCc1ccc(NC(=O)c2ccc(CN3CCCC(C)C3)cc2)cc1. The van der Waals surface area contributed by atoms with Crippen LogP contribution in [0.3, 0.4) is 0 Å². The number of piperidine rings is 1. The Bertz CT molecular complexity index is 691. The maximum absolute atomic E-state index is 12.4. The lowest BCUT2D eigenvalue weighted by Crippen LogP contribution is -2.33. The molecule has 0 aliphatic carbocycles. The number of carbonyl (C=O) groups is 1. The highest BCUT2D eigenvalue weighted by Crippen LogP contribution is 2.18. The van der Waals surface area contributed by atoms with E-state index in [1.165, 1.54) is 37.1 Å². The van der Waals surface area contributed by atoms with Crippen molar-refractivity contribution in [2.24, 2.45) is 5.92 Å². The molecule has 0 saturated carbocycles. The first kappa shape index (κ1) is 17.7. The molecule has 25 heavy (non-hydrogen) atoms. The van der Waals surface area contributed by atoms with Gasteiger partial charge in [-0.2, -0.15) is 0 Å². The molecule has 0 spiro atoms. The van der Waals surface area contributed by atoms with Gasteiger partial charge in [0.2, 0.25) is 0 Å². The number of anilines is 1. The van der Waals surface area contributed by atoms with Crippen LogP contribution in [0.1, 0.15) is 48.2 Å². The van der Waals surface area contributed by atoms with E-state index >= 15 is 0 Å². The molecular weight excluding hydrogens is 308 g/mol. The topological polar surface area (TPSA) is 32.3 Å². The average Bonchev–Trinajstić information content (AvgIpc) is 2.63. The van der Waals surface area contributed by atoms with Gasteiger partial charge in [0.1, 0.15) is 0 Å². The normalized spacial score (nSPS) is 18.1. The largest absolute Gasteiger partial charge is 0.322 e. The van der Waals surface area contributed by atoms with Crippen molar-refractivity contribution in [1.82, 2.24) is 4.90 Å². The summed E-state index contributed by atoms with van der Waals surface area (Å²) < 4.78 is 0. The smallest absolute Gasteiger partial charge is 0.255 e. The molecule has 3 heteroatoms. The minimum Gasteiger partial charge on any atom is -0.322 e. The minimum absolute atomic E-state index is 0.0533.